The van der Waals surface area contributed by atoms with E-state index in [2.05, 4.69) is 36.1 Å². The maximum atomic E-state index is 11.8. The highest BCUT2D eigenvalue weighted by Crippen LogP contribution is 2.39. The molecule has 1 aliphatic heterocycles. The van der Waals surface area contributed by atoms with Crippen molar-refractivity contribution in [2.24, 2.45) is 5.73 Å². The number of carbonyl (C=O) groups is 1. The minimum atomic E-state index is -1.08. The fraction of sp³-hybridized carbons (Fsp3) is 0.429. The largest absolute Gasteiger partial charge is 0.384 e. The highest BCUT2D eigenvalue weighted by Gasteiger charge is 2.25. The Hall–Kier alpha value is -1.64. The van der Waals surface area contributed by atoms with Gasteiger partial charge in [0.1, 0.15) is 11.8 Å². The molecule has 0 radical (unpaired) electrons. The van der Waals surface area contributed by atoms with Crippen molar-refractivity contribution in [3.05, 3.63) is 16.9 Å². The number of nitrogens with zero attached hydrogens (tertiary/aromatic N) is 2. The highest BCUT2D eigenvalue weighted by molar-refractivity contribution is 9.10. The van der Waals surface area contributed by atoms with Gasteiger partial charge in [0.25, 0.3) is 5.91 Å². The molecule has 3 rings (SSSR count). The van der Waals surface area contributed by atoms with Gasteiger partial charge in [-0.1, -0.05) is 0 Å². The van der Waals surface area contributed by atoms with Crippen molar-refractivity contribution in [1.29, 1.82) is 0 Å². The van der Waals surface area contributed by atoms with Gasteiger partial charge in [-0.15, -0.1) is 0 Å². The Bertz CT molecular complexity index is 715. The monoisotopic (exact) mass is 367 g/mol. The molecule has 0 saturated carbocycles. The van der Waals surface area contributed by atoms with E-state index in [9.17, 15) is 9.90 Å². The van der Waals surface area contributed by atoms with Crippen molar-refractivity contribution >= 4 is 44.2 Å². The van der Waals surface area contributed by atoms with E-state index in [-0.39, 0.29) is 6.04 Å². The third-order valence-electron chi connectivity index (χ3n) is 3.81. The molecule has 2 atom stereocenters. The second-order valence-corrected chi connectivity index (χ2v) is 6.40. The lowest BCUT2D eigenvalue weighted by molar-refractivity contribution is -0.123. The maximum Gasteiger partial charge on any atom is 0.252 e. The first-order chi connectivity index (χ1) is 10.5. The second kappa shape index (κ2) is 5.86. The number of hydrogen-bond donors (Lipinski definition) is 4. The summed E-state index contributed by atoms with van der Waals surface area (Å²) in [5, 5.41) is 12.9. The second-order valence-electron chi connectivity index (χ2n) is 5.54. The number of rotatable bonds is 3. The number of H-pyrrole nitrogens is 1. The molecule has 8 heteroatoms. The molecule has 0 aliphatic carbocycles. The lowest BCUT2D eigenvalue weighted by Gasteiger charge is -2.21. The number of pyridine rings is 1. The molecule has 1 amide bonds. The van der Waals surface area contributed by atoms with Crippen LogP contribution in [0.4, 0.5) is 11.4 Å². The first-order valence-corrected chi connectivity index (χ1v) is 7.91. The Balaban J connectivity index is 2.07. The molecule has 22 heavy (non-hydrogen) atoms. The summed E-state index contributed by atoms with van der Waals surface area (Å²) in [5.74, 6) is -0.454. The Morgan fingerprint density at radius 2 is 2.45 bits per heavy atom. The van der Waals surface area contributed by atoms with E-state index in [0.29, 0.717) is 11.3 Å². The number of carbonyl (C=O) groups excluding carboxylic acids is 1. The summed E-state index contributed by atoms with van der Waals surface area (Å²) in [6, 6.07) is 0.143. The fourth-order valence-electron chi connectivity index (χ4n) is 2.69. The van der Waals surface area contributed by atoms with E-state index in [4.69, 9.17) is 5.73 Å². The van der Waals surface area contributed by atoms with Gasteiger partial charge in [0.05, 0.1) is 21.2 Å². The van der Waals surface area contributed by atoms with Gasteiger partial charge >= 0.3 is 0 Å². The minimum Gasteiger partial charge on any atom is -0.384 e. The van der Waals surface area contributed by atoms with Crippen LogP contribution in [-0.4, -0.2) is 46.2 Å². The molecule has 118 valence electrons. The summed E-state index contributed by atoms with van der Waals surface area (Å²) in [7, 11) is 0. The fourth-order valence-corrected chi connectivity index (χ4v) is 3.24. The van der Waals surface area contributed by atoms with Crippen LogP contribution in [0.5, 0.6) is 0 Å². The van der Waals surface area contributed by atoms with Crippen LogP contribution >= 0.6 is 15.9 Å². The van der Waals surface area contributed by atoms with Gasteiger partial charge < -0.3 is 26.0 Å². The third-order valence-corrected chi connectivity index (χ3v) is 4.39. The molecule has 0 unspecified atom stereocenters. The number of aromatic nitrogens is 2. The number of amides is 1. The van der Waals surface area contributed by atoms with Crippen LogP contribution < -0.4 is 16.0 Å². The highest BCUT2D eigenvalue weighted by atomic mass is 79.9. The van der Waals surface area contributed by atoms with Gasteiger partial charge in [0, 0.05) is 31.5 Å². The van der Waals surface area contributed by atoms with Crippen LogP contribution in [0.2, 0.25) is 0 Å². The summed E-state index contributed by atoms with van der Waals surface area (Å²) in [6.07, 6.45) is 3.27. The number of nitrogens with one attached hydrogen (secondary N) is 2. The van der Waals surface area contributed by atoms with Crippen LogP contribution in [-0.2, 0) is 4.79 Å². The standard InChI is InChI=1S/C14H18BrN5O2/c1-7(21)14(22)19-10-5-18-13-11(10)12(9(15)4-17-13)20-3-2-8(16)6-20/h4-5,7-8,21H,2-3,6,16H2,1H3,(H,17,18)(H,19,22)/t7-,8+/m0/s1. The third kappa shape index (κ3) is 2.69. The Morgan fingerprint density at radius 3 is 3.09 bits per heavy atom. The quantitative estimate of drug-likeness (QED) is 0.651. The number of aromatic amines is 1. The molecule has 0 spiro atoms. The maximum absolute atomic E-state index is 11.8. The molecular weight excluding hydrogens is 350 g/mol. The predicted molar refractivity (Wildman–Crippen MR) is 88.9 cm³/mol. The van der Waals surface area contributed by atoms with E-state index in [0.717, 1.165) is 35.1 Å². The smallest absolute Gasteiger partial charge is 0.252 e. The van der Waals surface area contributed by atoms with Crippen molar-refractivity contribution in [2.45, 2.75) is 25.5 Å². The normalized spacial score (nSPS) is 19.6. The predicted octanol–water partition coefficient (Wildman–Crippen LogP) is 1.18. The van der Waals surface area contributed by atoms with Crippen LogP contribution in [0.3, 0.4) is 0 Å². The van der Waals surface area contributed by atoms with Crippen molar-refractivity contribution in [3.63, 3.8) is 0 Å². The number of halogens is 1. The molecule has 1 fully saturated rings. The molecule has 2 aromatic rings. The van der Waals surface area contributed by atoms with E-state index < -0.39 is 12.0 Å². The number of nitrogens with two attached hydrogens (primary N) is 1. The summed E-state index contributed by atoms with van der Waals surface area (Å²) < 4.78 is 0.848. The van der Waals surface area contributed by atoms with Crippen molar-refractivity contribution in [3.8, 4) is 0 Å². The van der Waals surface area contributed by atoms with Gasteiger partial charge in [0.2, 0.25) is 0 Å². The van der Waals surface area contributed by atoms with Gasteiger partial charge in [0.15, 0.2) is 0 Å². The van der Waals surface area contributed by atoms with Gasteiger partial charge in [-0.25, -0.2) is 4.98 Å². The molecule has 0 aromatic carbocycles. The average molecular weight is 368 g/mol. The molecule has 2 aromatic heterocycles. The first kappa shape index (κ1) is 15.3. The van der Waals surface area contributed by atoms with Gasteiger partial charge in [-0.2, -0.15) is 0 Å². The molecule has 3 heterocycles. The topological polar surface area (TPSA) is 107 Å². The van der Waals surface area contributed by atoms with Gasteiger partial charge in [-0.3, -0.25) is 4.79 Å². The van der Waals surface area contributed by atoms with Crippen molar-refractivity contribution < 1.29 is 9.90 Å². The lowest BCUT2D eigenvalue weighted by atomic mass is 10.2. The summed E-state index contributed by atoms with van der Waals surface area (Å²) in [5.41, 5.74) is 8.25. The van der Waals surface area contributed by atoms with Crippen LogP contribution in [0.1, 0.15) is 13.3 Å². The SMILES string of the molecule is C[C@H](O)C(=O)Nc1c[nH]c2ncc(Br)c(N3CC[C@@H](N)C3)c12. The average Bonchev–Trinajstić information content (AvgIpc) is 3.06. The zero-order valence-corrected chi connectivity index (χ0v) is 13.7. The summed E-state index contributed by atoms with van der Waals surface area (Å²) in [6.45, 7) is 3.04. The zero-order chi connectivity index (χ0) is 15.9. The van der Waals surface area contributed by atoms with Crippen molar-refractivity contribution in [2.75, 3.05) is 23.3 Å². The van der Waals surface area contributed by atoms with Crippen LogP contribution in [0, 0.1) is 0 Å². The minimum absolute atomic E-state index is 0.143. The first-order valence-electron chi connectivity index (χ1n) is 7.12. The molecular formula is C14H18BrN5O2. The Labute approximate surface area is 136 Å². The number of fused-ring (bicyclic) bond motifs is 1. The molecule has 7 nitrogen and oxygen atoms in total. The number of hydrogen-bond acceptors (Lipinski definition) is 5. The number of aliphatic hydroxyl groups excluding tert-OH is 1. The molecule has 5 N–H and O–H groups in total. The lowest BCUT2D eigenvalue weighted by Crippen LogP contribution is -2.27. The van der Waals surface area contributed by atoms with Crippen LogP contribution in [0.15, 0.2) is 16.9 Å². The van der Waals surface area contributed by atoms with E-state index >= 15 is 0 Å². The molecule has 1 aliphatic rings. The number of aliphatic hydroxyl groups is 1. The summed E-state index contributed by atoms with van der Waals surface area (Å²) >= 11 is 3.54. The van der Waals surface area contributed by atoms with Crippen LogP contribution in [0.25, 0.3) is 11.0 Å². The number of anilines is 2. The van der Waals surface area contributed by atoms with E-state index in [1.54, 1.807) is 12.4 Å². The van der Waals surface area contributed by atoms with E-state index in [1.807, 2.05) is 0 Å². The zero-order valence-electron chi connectivity index (χ0n) is 12.1. The van der Waals surface area contributed by atoms with Gasteiger partial charge in [-0.05, 0) is 29.3 Å². The Morgan fingerprint density at radius 1 is 1.68 bits per heavy atom. The van der Waals surface area contributed by atoms with E-state index in [1.165, 1.54) is 6.92 Å². The summed E-state index contributed by atoms with van der Waals surface area (Å²) in [4.78, 5) is 21.3. The molecule has 0 bridgehead atoms. The van der Waals surface area contributed by atoms with Crippen molar-refractivity contribution in [1.82, 2.24) is 9.97 Å². The molecule has 1 saturated heterocycles. The Kier molecular flexibility index (Phi) is 4.07.